The minimum atomic E-state index is -1.24. The molecule has 14 heavy (non-hydrogen) atoms. The van der Waals surface area contributed by atoms with Crippen molar-refractivity contribution in [2.45, 2.75) is 13.3 Å². The van der Waals surface area contributed by atoms with Crippen molar-refractivity contribution in [2.24, 2.45) is 0 Å². The molecule has 0 aliphatic rings. The van der Waals surface area contributed by atoms with Crippen LogP contribution < -0.4 is 4.74 Å². The zero-order chi connectivity index (χ0) is 10.6. The maximum atomic E-state index is 10.8. The highest BCUT2D eigenvalue weighted by Gasteiger charge is 2.10. The van der Waals surface area contributed by atoms with Crippen molar-refractivity contribution >= 4 is 11.9 Å². The molecule has 6 nitrogen and oxygen atoms in total. The van der Waals surface area contributed by atoms with Crippen LogP contribution >= 0.6 is 0 Å². The Balaban J connectivity index is 2.56. The third-order valence-corrected chi connectivity index (χ3v) is 1.27. The fourth-order valence-corrected chi connectivity index (χ4v) is 0.710. The molecule has 0 atom stereocenters. The molecule has 74 valence electrons. The Morgan fingerprint density at radius 3 is 2.64 bits per heavy atom. The van der Waals surface area contributed by atoms with Gasteiger partial charge in [0.15, 0.2) is 0 Å². The van der Waals surface area contributed by atoms with Gasteiger partial charge in [0, 0.05) is 0 Å². The Labute approximate surface area is 79.6 Å². The van der Waals surface area contributed by atoms with Gasteiger partial charge < -0.3 is 9.84 Å². The lowest BCUT2D eigenvalue weighted by Crippen LogP contribution is -2.14. The summed E-state index contributed by atoms with van der Waals surface area (Å²) in [5.41, 5.74) is 0.683. The van der Waals surface area contributed by atoms with Crippen molar-refractivity contribution in [1.82, 2.24) is 9.97 Å². The topological polar surface area (TPSA) is 89.4 Å². The van der Waals surface area contributed by atoms with Gasteiger partial charge >= 0.3 is 11.9 Å². The summed E-state index contributed by atoms with van der Waals surface area (Å²) < 4.78 is 4.59. The predicted molar refractivity (Wildman–Crippen MR) is 44.7 cm³/mol. The molecule has 0 bridgehead atoms. The van der Waals surface area contributed by atoms with Crippen LogP contribution in [0.4, 0.5) is 0 Å². The van der Waals surface area contributed by atoms with Crippen molar-refractivity contribution in [3.05, 3.63) is 18.1 Å². The molecule has 1 N–H and O–H groups in total. The van der Waals surface area contributed by atoms with Gasteiger partial charge in [0.25, 0.3) is 0 Å². The number of nitrogens with zero attached hydrogens (tertiary/aromatic N) is 2. The van der Waals surface area contributed by atoms with E-state index in [9.17, 15) is 9.59 Å². The molecule has 0 aliphatic carbocycles. The summed E-state index contributed by atoms with van der Waals surface area (Å²) in [4.78, 5) is 28.5. The van der Waals surface area contributed by atoms with Gasteiger partial charge in [-0.2, -0.15) is 0 Å². The first-order valence-electron chi connectivity index (χ1n) is 3.79. The van der Waals surface area contributed by atoms with E-state index in [0.29, 0.717) is 5.69 Å². The van der Waals surface area contributed by atoms with Gasteiger partial charge in [0.05, 0.1) is 18.1 Å². The number of hydrogen-bond donors (Lipinski definition) is 1. The van der Waals surface area contributed by atoms with E-state index in [1.807, 2.05) is 0 Å². The third-order valence-electron chi connectivity index (χ3n) is 1.27. The van der Waals surface area contributed by atoms with E-state index in [1.54, 1.807) is 6.92 Å². The van der Waals surface area contributed by atoms with Gasteiger partial charge in [0.1, 0.15) is 6.42 Å². The first kappa shape index (κ1) is 10.1. The minimum Gasteiger partial charge on any atom is -0.481 e. The Bertz CT molecular complexity index is 347. The summed E-state index contributed by atoms with van der Waals surface area (Å²) in [6.45, 7) is 1.73. The molecule has 1 aromatic heterocycles. The Hall–Kier alpha value is -1.98. The first-order chi connectivity index (χ1) is 6.58. The number of carboxylic acids is 1. The van der Waals surface area contributed by atoms with E-state index in [2.05, 4.69) is 14.7 Å². The molecule has 0 unspecified atom stereocenters. The van der Waals surface area contributed by atoms with Crippen LogP contribution in [0.15, 0.2) is 12.4 Å². The van der Waals surface area contributed by atoms with Crippen molar-refractivity contribution in [3.8, 4) is 5.88 Å². The van der Waals surface area contributed by atoms with Crippen LogP contribution in [0.1, 0.15) is 12.1 Å². The average molecular weight is 196 g/mol. The van der Waals surface area contributed by atoms with Crippen molar-refractivity contribution in [1.29, 1.82) is 0 Å². The monoisotopic (exact) mass is 196 g/mol. The van der Waals surface area contributed by atoms with E-state index in [4.69, 9.17) is 5.11 Å². The summed E-state index contributed by atoms with van der Waals surface area (Å²) in [5, 5.41) is 8.27. The first-order valence-corrected chi connectivity index (χ1v) is 3.79. The van der Waals surface area contributed by atoms with Gasteiger partial charge in [-0.15, -0.1) is 0 Å². The second-order valence-electron chi connectivity index (χ2n) is 2.54. The largest absolute Gasteiger partial charge is 0.481 e. The normalized spacial score (nSPS) is 9.50. The molecule has 0 aliphatic heterocycles. The van der Waals surface area contributed by atoms with Crippen LogP contribution in [0.25, 0.3) is 0 Å². The van der Waals surface area contributed by atoms with Gasteiger partial charge in [-0.3, -0.25) is 14.6 Å². The molecule has 1 heterocycles. The quantitative estimate of drug-likeness (QED) is 0.547. The number of carbonyl (C=O) groups is 2. The van der Waals surface area contributed by atoms with Gasteiger partial charge in [-0.25, -0.2) is 4.98 Å². The molecule has 1 rings (SSSR count). The van der Waals surface area contributed by atoms with Gasteiger partial charge in [-0.05, 0) is 6.92 Å². The molecular formula is C8H8N2O4. The second kappa shape index (κ2) is 4.31. The molecule has 0 aromatic carbocycles. The molecule has 0 radical (unpaired) electrons. The third kappa shape index (κ3) is 3.18. The van der Waals surface area contributed by atoms with Crippen molar-refractivity contribution in [2.75, 3.05) is 0 Å². The summed E-state index contributed by atoms with van der Waals surface area (Å²) in [5.74, 6) is -2.10. The summed E-state index contributed by atoms with van der Waals surface area (Å²) in [6, 6.07) is 0. The highest BCUT2D eigenvalue weighted by Crippen LogP contribution is 2.04. The average Bonchev–Trinajstić information content (AvgIpc) is 2.07. The van der Waals surface area contributed by atoms with Gasteiger partial charge in [-0.1, -0.05) is 0 Å². The van der Waals surface area contributed by atoms with E-state index >= 15 is 0 Å². The van der Waals surface area contributed by atoms with E-state index in [-0.39, 0.29) is 5.88 Å². The van der Waals surface area contributed by atoms with Crippen molar-refractivity contribution in [3.63, 3.8) is 0 Å². The lowest BCUT2D eigenvalue weighted by molar-refractivity contribution is -0.145. The smallest absolute Gasteiger partial charge is 0.323 e. The SMILES string of the molecule is Cc1cnc(OC(=O)CC(=O)O)cn1. The predicted octanol–water partition coefficient (Wildman–Crippen LogP) is 0.165. The number of carboxylic acid groups (broad SMARTS) is 1. The fourth-order valence-electron chi connectivity index (χ4n) is 0.710. The standard InChI is InChI=1S/C8H8N2O4/c1-5-3-10-6(4-9-5)14-8(13)2-7(11)12/h3-4H,2H2,1H3,(H,11,12). The number of aromatic nitrogens is 2. The van der Waals surface area contributed by atoms with E-state index in [0.717, 1.165) is 0 Å². The Morgan fingerprint density at radius 2 is 2.14 bits per heavy atom. The van der Waals surface area contributed by atoms with E-state index < -0.39 is 18.4 Å². The molecule has 0 amide bonds. The summed E-state index contributed by atoms with van der Waals surface area (Å²) >= 11 is 0. The zero-order valence-electron chi connectivity index (χ0n) is 7.43. The minimum absolute atomic E-state index is 0.00171. The maximum absolute atomic E-state index is 10.8. The number of aliphatic carboxylic acids is 1. The maximum Gasteiger partial charge on any atom is 0.323 e. The molecule has 0 saturated carbocycles. The lowest BCUT2D eigenvalue weighted by Gasteiger charge is -2.00. The van der Waals surface area contributed by atoms with Crippen LogP contribution in [0.3, 0.4) is 0 Å². The molecule has 1 aromatic rings. The van der Waals surface area contributed by atoms with E-state index in [1.165, 1.54) is 12.4 Å². The number of esters is 1. The van der Waals surface area contributed by atoms with Crippen molar-refractivity contribution < 1.29 is 19.4 Å². The zero-order valence-corrected chi connectivity index (χ0v) is 7.43. The molecule has 6 heteroatoms. The Morgan fingerprint density at radius 1 is 1.43 bits per heavy atom. The van der Waals surface area contributed by atoms with Crippen LogP contribution in [0.5, 0.6) is 5.88 Å². The van der Waals surface area contributed by atoms with Crippen LogP contribution in [0, 0.1) is 6.92 Å². The van der Waals surface area contributed by atoms with Crippen LogP contribution in [0.2, 0.25) is 0 Å². The van der Waals surface area contributed by atoms with Gasteiger partial charge in [0.2, 0.25) is 5.88 Å². The number of carbonyl (C=O) groups excluding carboxylic acids is 1. The molecular weight excluding hydrogens is 188 g/mol. The number of hydrogen-bond acceptors (Lipinski definition) is 5. The number of rotatable bonds is 3. The molecule has 0 spiro atoms. The van der Waals surface area contributed by atoms with Crippen LogP contribution in [-0.4, -0.2) is 27.0 Å². The highest BCUT2D eigenvalue weighted by atomic mass is 16.5. The fraction of sp³-hybridized carbons (Fsp3) is 0.250. The number of ether oxygens (including phenoxy) is 1. The van der Waals surface area contributed by atoms with Crippen LogP contribution in [-0.2, 0) is 9.59 Å². The molecule has 0 fully saturated rings. The molecule has 0 saturated heterocycles. The Kier molecular flexibility index (Phi) is 3.11. The summed E-state index contributed by atoms with van der Waals surface area (Å²) in [6.07, 6.45) is 1.99. The highest BCUT2D eigenvalue weighted by molar-refractivity contribution is 5.90. The lowest BCUT2D eigenvalue weighted by atomic mass is 10.4. The number of aryl methyl sites for hydroxylation is 1. The summed E-state index contributed by atoms with van der Waals surface area (Å²) in [7, 11) is 0. The second-order valence-corrected chi connectivity index (χ2v) is 2.54.